The van der Waals surface area contributed by atoms with Gasteiger partial charge < -0.3 is 20.5 Å². The average molecular weight is 471 g/mol. The normalized spacial score (nSPS) is 11.2. The second-order valence-corrected chi connectivity index (χ2v) is 6.37. The van der Waals surface area contributed by atoms with Crippen molar-refractivity contribution in [2.75, 3.05) is 33.7 Å². The molecule has 7 heteroatoms. The smallest absolute Gasteiger partial charge is 0.243 e. The van der Waals surface area contributed by atoms with Crippen LogP contribution in [-0.2, 0) is 11.2 Å². The Balaban J connectivity index is 0.00000338. The summed E-state index contributed by atoms with van der Waals surface area (Å²) in [6, 6.07) is 6.30. The molecule has 26 heavy (non-hydrogen) atoms. The Morgan fingerprint density at radius 2 is 1.96 bits per heavy atom. The SMILES string of the molecule is CCCNC(=NCC(=O)N(C)C)NCCc1c[nH]c2cccc(C)c12.I. The summed E-state index contributed by atoms with van der Waals surface area (Å²) in [4.78, 5) is 21.0. The van der Waals surface area contributed by atoms with Crippen LogP contribution < -0.4 is 10.6 Å². The highest BCUT2D eigenvalue weighted by Crippen LogP contribution is 2.22. The average Bonchev–Trinajstić information content (AvgIpc) is 3.01. The summed E-state index contributed by atoms with van der Waals surface area (Å²) in [5, 5.41) is 7.88. The number of carbonyl (C=O) groups excluding carboxylic acids is 1. The fraction of sp³-hybridized carbons (Fsp3) is 0.474. The van der Waals surface area contributed by atoms with E-state index < -0.39 is 0 Å². The molecule has 1 amide bonds. The summed E-state index contributed by atoms with van der Waals surface area (Å²) < 4.78 is 0. The van der Waals surface area contributed by atoms with Gasteiger partial charge in [-0.1, -0.05) is 19.1 Å². The number of aromatic amines is 1. The lowest BCUT2D eigenvalue weighted by molar-refractivity contribution is -0.127. The standard InChI is InChI=1S/C19H29N5O.HI/c1-5-10-20-19(23-13-17(25)24(3)4)21-11-9-15-12-22-16-8-6-7-14(2)18(15)16;/h6-8,12,22H,5,9-11,13H2,1-4H3,(H2,20,21,23);1H. The molecule has 0 radical (unpaired) electrons. The van der Waals surface area contributed by atoms with E-state index in [4.69, 9.17) is 0 Å². The van der Waals surface area contributed by atoms with Gasteiger partial charge in [-0.25, -0.2) is 4.99 Å². The molecule has 144 valence electrons. The number of benzene rings is 1. The van der Waals surface area contributed by atoms with Gasteiger partial charge in [-0.3, -0.25) is 4.79 Å². The first kappa shape index (κ1) is 22.3. The molecule has 0 saturated heterocycles. The summed E-state index contributed by atoms with van der Waals surface area (Å²) >= 11 is 0. The fourth-order valence-electron chi connectivity index (χ4n) is 2.67. The van der Waals surface area contributed by atoms with Crippen molar-refractivity contribution >= 4 is 46.7 Å². The molecule has 0 atom stereocenters. The van der Waals surface area contributed by atoms with Crippen molar-refractivity contribution in [1.82, 2.24) is 20.5 Å². The molecule has 0 unspecified atom stereocenters. The van der Waals surface area contributed by atoms with Crippen molar-refractivity contribution < 1.29 is 4.79 Å². The monoisotopic (exact) mass is 471 g/mol. The van der Waals surface area contributed by atoms with E-state index in [9.17, 15) is 4.79 Å². The number of likely N-dealkylation sites (N-methyl/N-ethyl adjacent to an activating group) is 1. The van der Waals surface area contributed by atoms with Crippen LogP contribution in [-0.4, -0.2) is 55.5 Å². The molecule has 6 nitrogen and oxygen atoms in total. The van der Waals surface area contributed by atoms with Crippen molar-refractivity contribution in [2.24, 2.45) is 4.99 Å². The third-order valence-electron chi connectivity index (χ3n) is 4.10. The number of hydrogen-bond acceptors (Lipinski definition) is 2. The lowest BCUT2D eigenvalue weighted by Gasteiger charge is -2.13. The molecule has 0 aliphatic carbocycles. The van der Waals surface area contributed by atoms with Crippen LogP contribution >= 0.6 is 24.0 Å². The maximum absolute atomic E-state index is 11.7. The molecule has 0 fully saturated rings. The van der Waals surface area contributed by atoms with Crippen LogP contribution in [0, 0.1) is 6.92 Å². The Hall–Kier alpha value is -1.77. The lowest BCUT2D eigenvalue weighted by atomic mass is 10.1. The summed E-state index contributed by atoms with van der Waals surface area (Å²) in [5.41, 5.74) is 3.74. The van der Waals surface area contributed by atoms with E-state index in [2.05, 4.69) is 58.9 Å². The maximum atomic E-state index is 11.7. The lowest BCUT2D eigenvalue weighted by Crippen LogP contribution is -2.39. The van der Waals surface area contributed by atoms with Crippen molar-refractivity contribution in [3.05, 3.63) is 35.5 Å². The first-order valence-electron chi connectivity index (χ1n) is 8.80. The summed E-state index contributed by atoms with van der Waals surface area (Å²) in [7, 11) is 3.48. The summed E-state index contributed by atoms with van der Waals surface area (Å²) in [6.45, 7) is 5.97. The van der Waals surface area contributed by atoms with Gasteiger partial charge in [0.15, 0.2) is 5.96 Å². The predicted octanol–water partition coefficient (Wildman–Crippen LogP) is 2.67. The van der Waals surface area contributed by atoms with Gasteiger partial charge in [-0.2, -0.15) is 0 Å². The molecule has 0 saturated carbocycles. The summed E-state index contributed by atoms with van der Waals surface area (Å²) in [5.74, 6) is 0.679. The highest BCUT2D eigenvalue weighted by molar-refractivity contribution is 14.0. The number of aromatic nitrogens is 1. The fourth-order valence-corrected chi connectivity index (χ4v) is 2.67. The Morgan fingerprint density at radius 3 is 2.65 bits per heavy atom. The molecular weight excluding hydrogens is 441 g/mol. The number of amides is 1. The molecule has 0 bridgehead atoms. The zero-order valence-electron chi connectivity index (χ0n) is 16.1. The molecule has 0 aliphatic rings. The van der Waals surface area contributed by atoms with Crippen LogP contribution in [0.1, 0.15) is 24.5 Å². The van der Waals surface area contributed by atoms with Crippen molar-refractivity contribution in [2.45, 2.75) is 26.7 Å². The number of hydrogen-bond donors (Lipinski definition) is 3. The molecule has 3 N–H and O–H groups in total. The zero-order chi connectivity index (χ0) is 18.2. The minimum Gasteiger partial charge on any atom is -0.361 e. The van der Waals surface area contributed by atoms with Gasteiger partial charge in [-0.15, -0.1) is 24.0 Å². The van der Waals surface area contributed by atoms with Crippen LogP contribution in [0.3, 0.4) is 0 Å². The molecular formula is C19H30IN5O. The molecule has 1 aromatic heterocycles. The molecule has 0 spiro atoms. The predicted molar refractivity (Wildman–Crippen MR) is 119 cm³/mol. The third kappa shape index (κ3) is 6.19. The second-order valence-electron chi connectivity index (χ2n) is 6.37. The number of nitrogens with one attached hydrogen (secondary N) is 3. The van der Waals surface area contributed by atoms with E-state index in [0.717, 1.165) is 25.9 Å². The van der Waals surface area contributed by atoms with E-state index in [1.54, 1.807) is 19.0 Å². The van der Waals surface area contributed by atoms with Crippen LogP contribution in [0.2, 0.25) is 0 Å². The minimum absolute atomic E-state index is 0. The first-order valence-corrected chi connectivity index (χ1v) is 8.80. The van der Waals surface area contributed by atoms with Crippen molar-refractivity contribution in [3.8, 4) is 0 Å². The van der Waals surface area contributed by atoms with E-state index in [1.165, 1.54) is 22.0 Å². The number of carbonyl (C=O) groups is 1. The number of aliphatic imine (C=N–C) groups is 1. The van der Waals surface area contributed by atoms with Crippen molar-refractivity contribution in [1.29, 1.82) is 0 Å². The zero-order valence-corrected chi connectivity index (χ0v) is 18.4. The number of H-pyrrole nitrogens is 1. The Bertz CT molecular complexity index is 739. The maximum Gasteiger partial charge on any atom is 0.243 e. The van der Waals surface area contributed by atoms with Crippen LogP contribution in [0.5, 0.6) is 0 Å². The van der Waals surface area contributed by atoms with Gasteiger partial charge in [0.1, 0.15) is 6.54 Å². The highest BCUT2D eigenvalue weighted by Gasteiger charge is 2.07. The Labute approximate surface area is 172 Å². The molecule has 1 aromatic carbocycles. The van der Waals surface area contributed by atoms with E-state index in [-0.39, 0.29) is 36.4 Å². The molecule has 0 aliphatic heterocycles. The van der Waals surface area contributed by atoms with E-state index in [1.807, 2.05) is 0 Å². The van der Waals surface area contributed by atoms with E-state index >= 15 is 0 Å². The number of nitrogens with zero attached hydrogens (tertiary/aromatic N) is 2. The van der Waals surface area contributed by atoms with Gasteiger partial charge >= 0.3 is 0 Å². The van der Waals surface area contributed by atoms with Crippen molar-refractivity contribution in [3.63, 3.8) is 0 Å². The largest absolute Gasteiger partial charge is 0.361 e. The Morgan fingerprint density at radius 1 is 1.23 bits per heavy atom. The van der Waals surface area contributed by atoms with E-state index in [0.29, 0.717) is 5.96 Å². The second kappa shape index (κ2) is 11.1. The van der Waals surface area contributed by atoms with Crippen LogP contribution in [0.4, 0.5) is 0 Å². The van der Waals surface area contributed by atoms with Gasteiger partial charge in [0, 0.05) is 44.3 Å². The highest BCUT2D eigenvalue weighted by atomic mass is 127. The van der Waals surface area contributed by atoms with Gasteiger partial charge in [0.25, 0.3) is 0 Å². The third-order valence-corrected chi connectivity index (χ3v) is 4.10. The molecule has 2 rings (SSSR count). The molecule has 2 aromatic rings. The van der Waals surface area contributed by atoms with Gasteiger partial charge in [0.05, 0.1) is 0 Å². The van der Waals surface area contributed by atoms with Gasteiger partial charge in [-0.05, 0) is 37.0 Å². The number of rotatable bonds is 7. The number of fused-ring (bicyclic) bond motifs is 1. The van der Waals surface area contributed by atoms with Crippen LogP contribution in [0.15, 0.2) is 29.4 Å². The quantitative estimate of drug-likeness (QED) is 0.331. The number of aryl methyl sites for hydroxylation is 1. The Kier molecular flexibility index (Phi) is 9.47. The van der Waals surface area contributed by atoms with Gasteiger partial charge in [0.2, 0.25) is 5.91 Å². The first-order chi connectivity index (χ1) is 12.0. The number of guanidine groups is 1. The molecule has 1 heterocycles. The topological polar surface area (TPSA) is 72.5 Å². The van der Waals surface area contributed by atoms with Crippen LogP contribution in [0.25, 0.3) is 10.9 Å². The minimum atomic E-state index is -0.00940. The number of halogens is 1. The summed E-state index contributed by atoms with van der Waals surface area (Å²) in [6.07, 6.45) is 3.97.